The molecule has 0 aliphatic heterocycles. The molecule has 1 rings (SSSR count). The van der Waals surface area contributed by atoms with Crippen molar-refractivity contribution >= 4 is 21.6 Å². The molecule has 0 saturated heterocycles. The third-order valence-corrected chi connectivity index (χ3v) is 2.62. The van der Waals surface area contributed by atoms with Crippen LogP contribution in [0.4, 0.5) is 5.69 Å². The minimum Gasteiger partial charge on any atom is -0.484 e. The molecule has 6 nitrogen and oxygen atoms in total. The van der Waals surface area contributed by atoms with Crippen molar-refractivity contribution in [1.29, 1.82) is 5.26 Å². The Morgan fingerprint density at radius 3 is 2.94 bits per heavy atom. The molecule has 0 spiro atoms. The normalized spacial score (nSPS) is 11.6. The average molecular weight is 314 g/mol. The van der Waals surface area contributed by atoms with Gasteiger partial charge >= 0.3 is 5.69 Å². The maximum absolute atomic E-state index is 10.8. The Bertz CT molecular complexity index is 473. The molecule has 0 aromatic heterocycles. The van der Waals surface area contributed by atoms with Gasteiger partial charge in [0.15, 0.2) is 5.75 Å². The summed E-state index contributed by atoms with van der Waals surface area (Å²) in [6, 6.07) is 6.05. The van der Waals surface area contributed by atoms with Crippen LogP contribution >= 0.6 is 15.9 Å². The molecule has 0 saturated carbocycles. The van der Waals surface area contributed by atoms with Gasteiger partial charge in [0, 0.05) is 10.5 Å². The Hall–Kier alpha value is -1.65. The maximum Gasteiger partial charge on any atom is 0.312 e. The number of rotatable bonds is 6. The summed E-state index contributed by atoms with van der Waals surface area (Å²) in [5, 5.41) is 22.6. The van der Waals surface area contributed by atoms with Crippen molar-refractivity contribution in [3.63, 3.8) is 0 Å². The first-order chi connectivity index (χ1) is 8.58. The minimum absolute atomic E-state index is 0.0623. The molecule has 18 heavy (non-hydrogen) atoms. The number of halogens is 1. The van der Waals surface area contributed by atoms with Crippen molar-refractivity contribution in [3.8, 4) is 11.8 Å². The van der Waals surface area contributed by atoms with E-state index in [1.54, 1.807) is 6.07 Å². The summed E-state index contributed by atoms with van der Waals surface area (Å²) in [6.45, 7) is 2.56. The van der Waals surface area contributed by atoms with Crippen LogP contribution in [-0.4, -0.2) is 24.1 Å². The summed E-state index contributed by atoms with van der Waals surface area (Å²) >= 11 is 3.16. The van der Waals surface area contributed by atoms with Crippen molar-refractivity contribution in [1.82, 2.24) is 5.32 Å². The van der Waals surface area contributed by atoms with Gasteiger partial charge in [-0.3, -0.25) is 15.4 Å². The van der Waals surface area contributed by atoms with Crippen LogP contribution in [0.1, 0.15) is 6.92 Å². The Labute approximate surface area is 113 Å². The third-order valence-electron chi connectivity index (χ3n) is 2.13. The molecule has 1 aromatic rings. The van der Waals surface area contributed by atoms with Crippen LogP contribution in [0.25, 0.3) is 0 Å². The number of nitro groups is 1. The quantitative estimate of drug-likeness (QED) is 0.642. The molecule has 1 atom stereocenters. The first kappa shape index (κ1) is 14.4. The molecule has 0 aliphatic rings. The van der Waals surface area contributed by atoms with Crippen LogP contribution in [0, 0.1) is 21.4 Å². The molecule has 1 N–H and O–H groups in total. The largest absolute Gasteiger partial charge is 0.484 e. The topological polar surface area (TPSA) is 88.2 Å². The lowest BCUT2D eigenvalue weighted by Crippen LogP contribution is -2.33. The van der Waals surface area contributed by atoms with Crippen LogP contribution in [-0.2, 0) is 0 Å². The lowest BCUT2D eigenvalue weighted by Gasteiger charge is -2.11. The van der Waals surface area contributed by atoms with Gasteiger partial charge in [0.05, 0.1) is 11.0 Å². The molecule has 7 heteroatoms. The molecule has 0 fully saturated rings. The summed E-state index contributed by atoms with van der Waals surface area (Å²) in [4.78, 5) is 10.3. The van der Waals surface area contributed by atoms with Crippen molar-refractivity contribution in [3.05, 3.63) is 32.8 Å². The van der Waals surface area contributed by atoms with Crippen molar-refractivity contribution in [2.24, 2.45) is 0 Å². The number of hydrogen-bond donors (Lipinski definition) is 1. The number of nitriles is 1. The zero-order chi connectivity index (χ0) is 13.5. The SMILES string of the molecule is CCNC(C#N)COc1ccc(Br)cc1[N+](=O)[O-]. The van der Waals surface area contributed by atoms with Gasteiger partial charge in [-0.15, -0.1) is 0 Å². The van der Waals surface area contributed by atoms with E-state index in [9.17, 15) is 10.1 Å². The van der Waals surface area contributed by atoms with Gasteiger partial charge in [-0.05, 0) is 18.7 Å². The van der Waals surface area contributed by atoms with E-state index in [4.69, 9.17) is 10.00 Å². The van der Waals surface area contributed by atoms with Gasteiger partial charge in [-0.1, -0.05) is 22.9 Å². The Kier molecular flexibility index (Phi) is 5.55. The first-order valence-electron chi connectivity index (χ1n) is 5.28. The van der Waals surface area contributed by atoms with E-state index in [-0.39, 0.29) is 18.0 Å². The number of benzene rings is 1. The highest BCUT2D eigenvalue weighted by Crippen LogP contribution is 2.30. The fourth-order valence-electron chi connectivity index (χ4n) is 1.32. The van der Waals surface area contributed by atoms with Crippen LogP contribution in [0.5, 0.6) is 5.75 Å². The van der Waals surface area contributed by atoms with Crippen molar-refractivity contribution in [2.45, 2.75) is 13.0 Å². The van der Waals surface area contributed by atoms with Crippen LogP contribution in [0.15, 0.2) is 22.7 Å². The second-order valence-electron chi connectivity index (χ2n) is 3.42. The second kappa shape index (κ2) is 6.93. The molecule has 0 amide bonds. The minimum atomic E-state index is -0.519. The molecule has 96 valence electrons. The van der Waals surface area contributed by atoms with Gasteiger partial charge in [0.2, 0.25) is 0 Å². The predicted octanol–water partition coefficient (Wildman–Crippen LogP) is 2.24. The van der Waals surface area contributed by atoms with Gasteiger partial charge < -0.3 is 4.74 Å². The molecule has 1 aromatic carbocycles. The molecular weight excluding hydrogens is 302 g/mol. The van der Waals surface area contributed by atoms with E-state index in [0.717, 1.165) is 0 Å². The van der Waals surface area contributed by atoms with Gasteiger partial charge in [0.25, 0.3) is 0 Å². The van der Waals surface area contributed by atoms with Gasteiger partial charge in [-0.2, -0.15) is 5.26 Å². The van der Waals surface area contributed by atoms with Crippen LogP contribution in [0.2, 0.25) is 0 Å². The highest BCUT2D eigenvalue weighted by Gasteiger charge is 2.17. The zero-order valence-corrected chi connectivity index (χ0v) is 11.3. The highest BCUT2D eigenvalue weighted by atomic mass is 79.9. The first-order valence-corrected chi connectivity index (χ1v) is 6.07. The highest BCUT2D eigenvalue weighted by molar-refractivity contribution is 9.10. The maximum atomic E-state index is 10.8. The average Bonchev–Trinajstić information content (AvgIpc) is 2.35. The van der Waals surface area contributed by atoms with Crippen molar-refractivity contribution in [2.75, 3.05) is 13.2 Å². The van der Waals surface area contributed by atoms with E-state index in [1.165, 1.54) is 12.1 Å². The molecule has 0 aliphatic carbocycles. The van der Waals surface area contributed by atoms with Gasteiger partial charge in [0.1, 0.15) is 12.6 Å². The smallest absolute Gasteiger partial charge is 0.312 e. The Balaban J connectivity index is 2.78. The predicted molar refractivity (Wildman–Crippen MR) is 69.4 cm³/mol. The van der Waals surface area contributed by atoms with E-state index in [0.29, 0.717) is 11.0 Å². The molecule has 0 radical (unpaired) electrons. The van der Waals surface area contributed by atoms with Crippen LogP contribution < -0.4 is 10.1 Å². The fourth-order valence-corrected chi connectivity index (χ4v) is 1.67. The number of nitro benzene ring substituents is 1. The number of hydrogen-bond acceptors (Lipinski definition) is 5. The van der Waals surface area contributed by atoms with E-state index in [1.807, 2.05) is 13.0 Å². The summed E-state index contributed by atoms with van der Waals surface area (Å²) in [5.41, 5.74) is -0.127. The zero-order valence-electron chi connectivity index (χ0n) is 9.72. The number of nitrogens with zero attached hydrogens (tertiary/aromatic N) is 2. The Morgan fingerprint density at radius 1 is 1.67 bits per heavy atom. The summed E-state index contributed by atoms with van der Waals surface area (Å²) < 4.78 is 5.91. The van der Waals surface area contributed by atoms with E-state index >= 15 is 0 Å². The number of nitrogens with one attached hydrogen (secondary N) is 1. The van der Waals surface area contributed by atoms with E-state index < -0.39 is 11.0 Å². The molecule has 0 heterocycles. The van der Waals surface area contributed by atoms with Gasteiger partial charge in [-0.25, -0.2) is 0 Å². The molecular formula is C11H12BrN3O3. The number of ether oxygens (including phenoxy) is 1. The third kappa shape index (κ3) is 3.98. The summed E-state index contributed by atoms with van der Waals surface area (Å²) in [7, 11) is 0. The summed E-state index contributed by atoms with van der Waals surface area (Å²) in [5.74, 6) is 0.154. The summed E-state index contributed by atoms with van der Waals surface area (Å²) in [6.07, 6.45) is 0. The lowest BCUT2D eigenvalue weighted by atomic mass is 10.3. The molecule has 0 bridgehead atoms. The number of likely N-dealkylation sites (N-methyl/N-ethyl adjacent to an activating group) is 1. The van der Waals surface area contributed by atoms with E-state index in [2.05, 4.69) is 21.2 Å². The van der Waals surface area contributed by atoms with Crippen molar-refractivity contribution < 1.29 is 9.66 Å². The molecule has 1 unspecified atom stereocenters. The van der Waals surface area contributed by atoms with Crippen LogP contribution in [0.3, 0.4) is 0 Å². The lowest BCUT2D eigenvalue weighted by molar-refractivity contribution is -0.385. The second-order valence-corrected chi connectivity index (χ2v) is 4.34. The monoisotopic (exact) mass is 313 g/mol. The standard InChI is InChI=1S/C11H12BrN3O3/c1-2-14-9(6-13)7-18-11-4-3-8(12)5-10(11)15(16)17/h3-5,9,14H,2,7H2,1H3. The fraction of sp³-hybridized carbons (Fsp3) is 0.364. The Morgan fingerprint density at radius 2 is 2.39 bits per heavy atom.